The molecule has 0 atom stereocenters. The third-order valence-electron chi connectivity index (χ3n) is 1.71. The largest absolute Gasteiger partial charge is 0.419 e. The van der Waals surface area contributed by atoms with Gasteiger partial charge in [0.15, 0.2) is 12.1 Å². The van der Waals surface area contributed by atoms with Crippen LogP contribution in [0.4, 0.5) is 26.3 Å². The van der Waals surface area contributed by atoms with Gasteiger partial charge in [-0.1, -0.05) is 0 Å². The smallest absolute Gasteiger partial charge is 0.296 e. The van der Waals surface area contributed by atoms with Crippen LogP contribution in [0.15, 0.2) is 6.20 Å². The summed E-state index contributed by atoms with van der Waals surface area (Å²) in [4.78, 5) is 13.1. The normalized spacial score (nSPS) is 11.9. The number of hydrogen-bond donors (Lipinski definition) is 0. The van der Waals surface area contributed by atoms with Crippen LogP contribution in [0, 0.1) is 5.82 Å². The molecule has 2 nitrogen and oxygen atoms in total. The van der Waals surface area contributed by atoms with E-state index in [4.69, 9.17) is 0 Å². The van der Waals surface area contributed by atoms with E-state index in [1.807, 2.05) is 0 Å². The van der Waals surface area contributed by atoms with Crippen LogP contribution < -0.4 is 0 Å². The molecule has 0 radical (unpaired) electrons. The Morgan fingerprint density at radius 3 is 2.25 bits per heavy atom. The zero-order chi connectivity index (χ0) is 12.5. The van der Waals surface area contributed by atoms with Gasteiger partial charge in [0.25, 0.3) is 6.43 Å². The van der Waals surface area contributed by atoms with Crippen molar-refractivity contribution in [3.05, 3.63) is 28.8 Å². The fourth-order valence-electron chi connectivity index (χ4n) is 1.12. The molecule has 0 aliphatic rings. The van der Waals surface area contributed by atoms with Crippen molar-refractivity contribution in [2.75, 3.05) is 0 Å². The highest BCUT2D eigenvalue weighted by molar-refractivity contribution is 5.75. The lowest BCUT2D eigenvalue weighted by Gasteiger charge is -2.13. The summed E-state index contributed by atoms with van der Waals surface area (Å²) < 4.78 is 74.2. The van der Waals surface area contributed by atoms with Gasteiger partial charge in [-0.25, -0.2) is 18.2 Å². The Hall–Kier alpha value is -1.60. The average Bonchev–Trinajstić information content (AvgIpc) is 2.15. The summed E-state index contributed by atoms with van der Waals surface area (Å²) in [5.41, 5.74) is -5.01. The zero-order valence-electron chi connectivity index (χ0n) is 7.36. The number of hydrogen-bond acceptors (Lipinski definition) is 2. The minimum atomic E-state index is -5.31. The zero-order valence-corrected chi connectivity index (χ0v) is 7.36. The lowest BCUT2D eigenvalue weighted by Crippen LogP contribution is -2.15. The first kappa shape index (κ1) is 12.5. The van der Waals surface area contributed by atoms with E-state index < -0.39 is 35.2 Å². The highest BCUT2D eigenvalue weighted by Crippen LogP contribution is 2.38. The Kier molecular flexibility index (Phi) is 3.20. The van der Waals surface area contributed by atoms with Crippen molar-refractivity contribution in [3.63, 3.8) is 0 Å². The van der Waals surface area contributed by atoms with Crippen LogP contribution in [0.5, 0.6) is 0 Å². The van der Waals surface area contributed by atoms with E-state index in [0.717, 1.165) is 0 Å². The standard InChI is InChI=1S/C8H3F6NO/c9-3-1-15-4(2-16)5(7(10)11)6(3)8(12,13)14/h1-2,7H. The second-order valence-corrected chi connectivity index (χ2v) is 2.70. The molecule has 1 aromatic rings. The van der Waals surface area contributed by atoms with Crippen molar-refractivity contribution < 1.29 is 31.1 Å². The first-order chi connectivity index (χ1) is 7.29. The monoisotopic (exact) mass is 243 g/mol. The van der Waals surface area contributed by atoms with E-state index in [1.165, 1.54) is 0 Å². The third-order valence-corrected chi connectivity index (χ3v) is 1.71. The molecule has 0 aromatic carbocycles. The second-order valence-electron chi connectivity index (χ2n) is 2.70. The number of halogens is 6. The summed E-state index contributed by atoms with van der Waals surface area (Å²) >= 11 is 0. The van der Waals surface area contributed by atoms with Gasteiger partial charge in [-0.05, 0) is 0 Å². The molecule has 0 spiro atoms. The molecular formula is C8H3F6NO. The second kappa shape index (κ2) is 4.11. The summed E-state index contributed by atoms with van der Waals surface area (Å²) in [6.45, 7) is 0. The van der Waals surface area contributed by atoms with Gasteiger partial charge in [0.1, 0.15) is 11.3 Å². The number of pyridine rings is 1. The van der Waals surface area contributed by atoms with Crippen LogP contribution in [0.3, 0.4) is 0 Å². The van der Waals surface area contributed by atoms with Crippen LogP contribution in [-0.4, -0.2) is 11.3 Å². The lowest BCUT2D eigenvalue weighted by atomic mass is 10.1. The molecule has 88 valence electrons. The van der Waals surface area contributed by atoms with Gasteiger partial charge < -0.3 is 0 Å². The summed E-state index contributed by atoms with van der Waals surface area (Å²) in [6.07, 6.45) is -9.15. The van der Waals surface area contributed by atoms with Crippen molar-refractivity contribution in [1.82, 2.24) is 4.98 Å². The topological polar surface area (TPSA) is 30.0 Å². The SMILES string of the molecule is O=Cc1ncc(F)c(C(F)(F)F)c1C(F)F. The van der Waals surface area contributed by atoms with Gasteiger partial charge in [-0.3, -0.25) is 4.79 Å². The summed E-state index contributed by atoms with van der Waals surface area (Å²) in [5.74, 6) is -1.94. The van der Waals surface area contributed by atoms with Crippen molar-refractivity contribution in [3.8, 4) is 0 Å². The molecule has 0 aliphatic heterocycles. The molecule has 16 heavy (non-hydrogen) atoms. The van der Waals surface area contributed by atoms with Crippen molar-refractivity contribution in [2.45, 2.75) is 12.6 Å². The fraction of sp³-hybridized carbons (Fsp3) is 0.250. The Morgan fingerprint density at radius 1 is 1.31 bits per heavy atom. The molecule has 1 aromatic heterocycles. The van der Waals surface area contributed by atoms with Crippen molar-refractivity contribution in [2.24, 2.45) is 0 Å². The predicted molar refractivity (Wildman–Crippen MR) is 39.5 cm³/mol. The van der Waals surface area contributed by atoms with Gasteiger partial charge in [0, 0.05) is 0 Å². The van der Waals surface area contributed by atoms with E-state index in [-0.39, 0.29) is 12.5 Å². The molecule has 0 aliphatic carbocycles. The van der Waals surface area contributed by atoms with Crippen LogP contribution in [0.25, 0.3) is 0 Å². The number of aromatic nitrogens is 1. The first-order valence-electron chi connectivity index (χ1n) is 3.78. The maximum absolute atomic E-state index is 12.8. The lowest BCUT2D eigenvalue weighted by molar-refractivity contribution is -0.142. The number of nitrogens with zero attached hydrogens (tertiary/aromatic N) is 1. The molecule has 0 fully saturated rings. The highest BCUT2D eigenvalue weighted by Gasteiger charge is 2.40. The molecular weight excluding hydrogens is 240 g/mol. The minimum absolute atomic E-state index is 0.0818. The molecule has 0 saturated carbocycles. The Labute approximate surface area is 84.9 Å². The molecule has 0 saturated heterocycles. The average molecular weight is 243 g/mol. The summed E-state index contributed by atoms with van der Waals surface area (Å²) in [7, 11) is 0. The number of carbonyl (C=O) groups excluding carboxylic acids is 1. The Balaban J connectivity index is 3.61. The Morgan fingerprint density at radius 2 is 1.88 bits per heavy atom. The van der Waals surface area contributed by atoms with Gasteiger partial charge in [-0.15, -0.1) is 0 Å². The van der Waals surface area contributed by atoms with E-state index in [0.29, 0.717) is 0 Å². The highest BCUT2D eigenvalue weighted by atomic mass is 19.4. The molecule has 0 N–H and O–H groups in total. The predicted octanol–water partition coefficient (Wildman–Crippen LogP) is 2.99. The molecule has 0 bridgehead atoms. The number of aldehydes is 1. The van der Waals surface area contributed by atoms with E-state index in [9.17, 15) is 31.1 Å². The van der Waals surface area contributed by atoms with E-state index >= 15 is 0 Å². The van der Waals surface area contributed by atoms with Crippen molar-refractivity contribution >= 4 is 6.29 Å². The van der Waals surface area contributed by atoms with E-state index in [2.05, 4.69) is 4.98 Å². The van der Waals surface area contributed by atoms with Gasteiger partial charge in [0.05, 0.1) is 11.8 Å². The van der Waals surface area contributed by atoms with Crippen LogP contribution in [0.1, 0.15) is 28.0 Å². The molecule has 1 rings (SSSR count). The Bertz CT molecular complexity index is 414. The number of alkyl halides is 5. The summed E-state index contributed by atoms with van der Waals surface area (Å²) in [5, 5.41) is 0. The van der Waals surface area contributed by atoms with Gasteiger partial charge >= 0.3 is 6.18 Å². The molecule has 8 heteroatoms. The van der Waals surface area contributed by atoms with E-state index in [1.54, 1.807) is 0 Å². The van der Waals surface area contributed by atoms with Gasteiger partial charge in [0.2, 0.25) is 0 Å². The number of carbonyl (C=O) groups is 1. The van der Waals surface area contributed by atoms with Crippen LogP contribution in [0.2, 0.25) is 0 Å². The molecule has 1 heterocycles. The maximum Gasteiger partial charge on any atom is 0.419 e. The first-order valence-corrected chi connectivity index (χ1v) is 3.78. The van der Waals surface area contributed by atoms with Gasteiger partial charge in [-0.2, -0.15) is 13.2 Å². The quantitative estimate of drug-likeness (QED) is 0.590. The number of rotatable bonds is 2. The van der Waals surface area contributed by atoms with Crippen molar-refractivity contribution in [1.29, 1.82) is 0 Å². The molecule has 0 amide bonds. The third kappa shape index (κ3) is 2.15. The van der Waals surface area contributed by atoms with Crippen LogP contribution >= 0.6 is 0 Å². The maximum atomic E-state index is 12.8. The molecule has 0 unspecified atom stereocenters. The van der Waals surface area contributed by atoms with Crippen LogP contribution in [-0.2, 0) is 6.18 Å². The minimum Gasteiger partial charge on any atom is -0.296 e. The fourth-order valence-corrected chi connectivity index (χ4v) is 1.12. The summed E-state index contributed by atoms with van der Waals surface area (Å²) in [6, 6.07) is 0.